The molecule has 0 heterocycles. The van der Waals surface area contributed by atoms with Crippen LogP contribution in [0.1, 0.15) is 58.3 Å². The van der Waals surface area contributed by atoms with Crippen LogP contribution in [0.4, 0.5) is 0 Å². The van der Waals surface area contributed by atoms with Crippen LogP contribution in [0.2, 0.25) is 0 Å². The van der Waals surface area contributed by atoms with Gasteiger partial charge >= 0.3 is 0 Å². The Labute approximate surface area is 92.2 Å². The van der Waals surface area contributed by atoms with Crippen LogP contribution in [0.15, 0.2) is 0 Å². The van der Waals surface area contributed by atoms with Crippen LogP contribution in [0.5, 0.6) is 0 Å². The van der Waals surface area contributed by atoms with E-state index < -0.39 is 0 Å². The zero-order valence-electron chi connectivity index (χ0n) is 9.10. The predicted molar refractivity (Wildman–Crippen MR) is 60.5 cm³/mol. The molecule has 0 atom stereocenters. The zero-order valence-corrected chi connectivity index (χ0v) is 9.85. The van der Waals surface area contributed by atoms with Crippen molar-refractivity contribution in [3.63, 3.8) is 0 Å². The summed E-state index contributed by atoms with van der Waals surface area (Å²) in [7, 11) is 0. The topological polar surface area (TPSA) is 17.1 Å². The van der Waals surface area contributed by atoms with E-state index in [4.69, 9.17) is 11.6 Å². The van der Waals surface area contributed by atoms with Gasteiger partial charge in [0.2, 0.25) is 5.24 Å². The first-order valence-corrected chi connectivity index (χ1v) is 6.27. The Morgan fingerprint density at radius 1 is 1.00 bits per heavy atom. The van der Waals surface area contributed by atoms with E-state index in [0.717, 1.165) is 18.8 Å². The Hall–Kier alpha value is -0.0400. The second-order valence-corrected chi connectivity index (χ2v) is 5.05. The molecule has 0 aromatic carbocycles. The number of carbonyl (C=O) groups is 1. The summed E-state index contributed by atoms with van der Waals surface area (Å²) in [6.07, 6.45) is 9.54. The van der Waals surface area contributed by atoms with E-state index in [2.05, 4.69) is 6.92 Å². The molecule has 2 heteroatoms. The monoisotopic (exact) mass is 216 g/mol. The molecule has 0 N–H and O–H groups in total. The lowest BCUT2D eigenvalue weighted by Gasteiger charge is -2.17. The molecule has 82 valence electrons. The summed E-state index contributed by atoms with van der Waals surface area (Å²) in [4.78, 5) is 11.1. The highest BCUT2D eigenvalue weighted by atomic mass is 35.5. The van der Waals surface area contributed by atoms with E-state index in [1.807, 2.05) is 0 Å². The molecule has 0 aromatic rings. The zero-order chi connectivity index (χ0) is 10.4. The fourth-order valence-corrected chi connectivity index (χ4v) is 2.50. The van der Waals surface area contributed by atoms with Crippen LogP contribution in [0.3, 0.4) is 0 Å². The lowest BCUT2D eigenvalue weighted by Crippen LogP contribution is -2.10. The molecule has 0 spiro atoms. The average molecular weight is 217 g/mol. The highest BCUT2D eigenvalue weighted by molar-refractivity contribution is 6.63. The summed E-state index contributed by atoms with van der Waals surface area (Å²) in [6, 6.07) is 0. The van der Waals surface area contributed by atoms with Crippen molar-refractivity contribution in [2.75, 3.05) is 0 Å². The molecule has 0 saturated heterocycles. The number of rotatable bonds is 1. The van der Waals surface area contributed by atoms with Gasteiger partial charge in [-0.15, -0.1) is 0 Å². The number of carbonyl (C=O) groups excluding carboxylic acids is 1. The summed E-state index contributed by atoms with van der Waals surface area (Å²) in [5, 5.41) is -0.112. The molecular formula is C12H21ClO. The molecular weight excluding hydrogens is 196 g/mol. The first kappa shape index (κ1) is 12.0. The number of hydrogen-bond acceptors (Lipinski definition) is 1. The molecule has 0 radical (unpaired) electrons. The third kappa shape index (κ3) is 4.45. The second kappa shape index (κ2) is 6.44. The Balaban J connectivity index is 2.35. The molecule has 0 aliphatic heterocycles. The maximum absolute atomic E-state index is 11.1. The van der Waals surface area contributed by atoms with E-state index in [1.54, 1.807) is 0 Å². The minimum Gasteiger partial charge on any atom is -0.281 e. The molecule has 1 fully saturated rings. The molecule has 0 unspecified atom stereocenters. The van der Waals surface area contributed by atoms with Crippen LogP contribution in [-0.4, -0.2) is 5.24 Å². The summed E-state index contributed by atoms with van der Waals surface area (Å²) >= 11 is 5.57. The van der Waals surface area contributed by atoms with E-state index in [0.29, 0.717) is 0 Å². The van der Waals surface area contributed by atoms with Crippen molar-refractivity contribution in [3.05, 3.63) is 0 Å². The second-order valence-electron chi connectivity index (χ2n) is 4.68. The van der Waals surface area contributed by atoms with Gasteiger partial charge in [-0.3, -0.25) is 4.79 Å². The molecule has 1 saturated carbocycles. The fourth-order valence-electron chi connectivity index (χ4n) is 2.28. The molecule has 1 rings (SSSR count). The van der Waals surface area contributed by atoms with Crippen molar-refractivity contribution in [1.82, 2.24) is 0 Å². The van der Waals surface area contributed by atoms with Gasteiger partial charge in [-0.05, 0) is 30.4 Å². The minimum absolute atomic E-state index is 0.112. The lowest BCUT2D eigenvalue weighted by atomic mass is 9.89. The van der Waals surface area contributed by atoms with Gasteiger partial charge in [0.05, 0.1) is 0 Å². The third-order valence-corrected chi connectivity index (χ3v) is 3.63. The SMILES string of the molecule is CC1CCCCC(C(=O)Cl)CCCC1. The molecule has 0 amide bonds. The van der Waals surface area contributed by atoms with Crippen molar-refractivity contribution < 1.29 is 4.79 Å². The maximum atomic E-state index is 11.1. The van der Waals surface area contributed by atoms with Crippen LogP contribution < -0.4 is 0 Å². The molecule has 1 aliphatic carbocycles. The number of hydrogen-bond donors (Lipinski definition) is 0. The molecule has 1 nitrogen and oxygen atoms in total. The Kier molecular flexibility index (Phi) is 5.54. The Bertz CT molecular complexity index is 167. The summed E-state index contributed by atoms with van der Waals surface area (Å²) < 4.78 is 0. The first-order valence-electron chi connectivity index (χ1n) is 5.89. The maximum Gasteiger partial charge on any atom is 0.224 e. The quantitative estimate of drug-likeness (QED) is 0.603. The molecule has 0 aromatic heterocycles. The van der Waals surface area contributed by atoms with Crippen LogP contribution >= 0.6 is 11.6 Å². The Morgan fingerprint density at radius 3 is 1.86 bits per heavy atom. The first-order chi connectivity index (χ1) is 6.70. The lowest BCUT2D eigenvalue weighted by molar-refractivity contribution is -0.115. The van der Waals surface area contributed by atoms with Gasteiger partial charge in [-0.2, -0.15) is 0 Å². The van der Waals surface area contributed by atoms with Crippen molar-refractivity contribution in [2.24, 2.45) is 11.8 Å². The minimum atomic E-state index is -0.112. The Morgan fingerprint density at radius 2 is 1.43 bits per heavy atom. The average Bonchev–Trinajstić information content (AvgIpc) is 2.15. The third-order valence-electron chi connectivity index (χ3n) is 3.32. The van der Waals surface area contributed by atoms with Crippen LogP contribution in [-0.2, 0) is 4.79 Å². The van der Waals surface area contributed by atoms with Crippen molar-refractivity contribution in [2.45, 2.75) is 58.3 Å². The summed E-state index contributed by atoms with van der Waals surface area (Å²) in [5.41, 5.74) is 0. The number of halogens is 1. The van der Waals surface area contributed by atoms with E-state index in [1.165, 1.54) is 38.5 Å². The van der Waals surface area contributed by atoms with Gasteiger partial charge in [-0.25, -0.2) is 0 Å². The molecule has 14 heavy (non-hydrogen) atoms. The molecule has 1 aliphatic rings. The van der Waals surface area contributed by atoms with Gasteiger partial charge in [0.1, 0.15) is 0 Å². The van der Waals surface area contributed by atoms with E-state index in [9.17, 15) is 4.79 Å². The largest absolute Gasteiger partial charge is 0.281 e. The predicted octanol–water partition coefficient (Wildman–Crippen LogP) is 4.14. The van der Waals surface area contributed by atoms with Gasteiger partial charge in [0.15, 0.2) is 0 Å². The highest BCUT2D eigenvalue weighted by Gasteiger charge is 2.16. The highest BCUT2D eigenvalue weighted by Crippen LogP contribution is 2.25. The van der Waals surface area contributed by atoms with Crippen molar-refractivity contribution >= 4 is 16.8 Å². The van der Waals surface area contributed by atoms with Crippen LogP contribution in [0.25, 0.3) is 0 Å². The summed E-state index contributed by atoms with van der Waals surface area (Å²) in [6.45, 7) is 2.34. The van der Waals surface area contributed by atoms with Crippen molar-refractivity contribution in [3.8, 4) is 0 Å². The van der Waals surface area contributed by atoms with Crippen LogP contribution in [0, 0.1) is 11.8 Å². The van der Waals surface area contributed by atoms with E-state index in [-0.39, 0.29) is 11.2 Å². The fraction of sp³-hybridized carbons (Fsp3) is 0.917. The van der Waals surface area contributed by atoms with Crippen molar-refractivity contribution in [1.29, 1.82) is 0 Å². The van der Waals surface area contributed by atoms with Gasteiger partial charge in [0, 0.05) is 5.92 Å². The van der Waals surface area contributed by atoms with Gasteiger partial charge in [0.25, 0.3) is 0 Å². The summed E-state index contributed by atoms with van der Waals surface area (Å²) in [5.74, 6) is 1.02. The normalized spacial score (nSPS) is 31.0. The van der Waals surface area contributed by atoms with E-state index >= 15 is 0 Å². The standard InChI is InChI=1S/C12H21ClO/c1-10-6-2-4-8-11(12(13)14)9-5-3-7-10/h10-11H,2-9H2,1H3. The smallest absolute Gasteiger partial charge is 0.224 e. The van der Waals surface area contributed by atoms with Gasteiger partial charge in [-0.1, -0.05) is 45.4 Å². The molecule has 0 bridgehead atoms. The van der Waals surface area contributed by atoms with Gasteiger partial charge < -0.3 is 0 Å².